The predicted molar refractivity (Wildman–Crippen MR) is 105 cm³/mol. The van der Waals surface area contributed by atoms with Gasteiger partial charge in [0.05, 0.1) is 18.2 Å². The summed E-state index contributed by atoms with van der Waals surface area (Å²) in [6, 6.07) is 6.75. The fraction of sp³-hybridized carbons (Fsp3) is 0.400. The summed E-state index contributed by atoms with van der Waals surface area (Å²) in [6.45, 7) is 0.876. The van der Waals surface area contributed by atoms with Gasteiger partial charge in [0, 0.05) is 42.7 Å². The van der Waals surface area contributed by atoms with E-state index < -0.39 is 0 Å². The first-order valence-corrected chi connectivity index (χ1v) is 9.76. The number of aromatic nitrogens is 5. The Morgan fingerprint density at radius 3 is 2.71 bits per heavy atom. The fourth-order valence-corrected chi connectivity index (χ4v) is 4.37. The number of aromatic hydroxyl groups is 1. The van der Waals surface area contributed by atoms with E-state index in [9.17, 15) is 5.11 Å². The normalized spacial score (nSPS) is 23.6. The highest BCUT2D eigenvalue weighted by atomic mass is 16.3. The summed E-state index contributed by atoms with van der Waals surface area (Å²) in [6.07, 6.45) is 11.9. The molecule has 2 atom stereocenters. The van der Waals surface area contributed by atoms with Crippen molar-refractivity contribution in [2.24, 2.45) is 5.92 Å². The molecule has 5 rings (SSSR count). The van der Waals surface area contributed by atoms with Gasteiger partial charge in [-0.3, -0.25) is 0 Å². The quantitative estimate of drug-likeness (QED) is 0.627. The van der Waals surface area contributed by atoms with Crippen LogP contribution in [0.1, 0.15) is 25.7 Å². The van der Waals surface area contributed by atoms with Crippen LogP contribution in [-0.4, -0.2) is 48.5 Å². The Labute approximate surface area is 163 Å². The van der Waals surface area contributed by atoms with Gasteiger partial charge in [0.1, 0.15) is 11.4 Å². The van der Waals surface area contributed by atoms with Crippen molar-refractivity contribution in [3.63, 3.8) is 0 Å². The summed E-state index contributed by atoms with van der Waals surface area (Å²) < 4.78 is 1.83. The lowest BCUT2D eigenvalue weighted by molar-refractivity contribution is 0.310. The molecule has 0 radical (unpaired) electrons. The van der Waals surface area contributed by atoms with Crippen LogP contribution in [0.5, 0.6) is 5.75 Å². The summed E-state index contributed by atoms with van der Waals surface area (Å²) in [7, 11) is 0. The molecule has 2 aliphatic heterocycles. The Morgan fingerprint density at radius 2 is 2.04 bits per heavy atom. The molecule has 8 heteroatoms. The van der Waals surface area contributed by atoms with Gasteiger partial charge >= 0.3 is 0 Å². The minimum absolute atomic E-state index is 0.133. The van der Waals surface area contributed by atoms with Gasteiger partial charge in [-0.25, -0.2) is 9.97 Å². The first-order chi connectivity index (χ1) is 13.7. The van der Waals surface area contributed by atoms with Crippen LogP contribution in [0.3, 0.4) is 0 Å². The number of hydrogen-bond acceptors (Lipinski definition) is 7. The topological polar surface area (TPSA) is 101 Å². The molecule has 0 spiro atoms. The molecule has 3 N–H and O–H groups in total. The van der Waals surface area contributed by atoms with Crippen molar-refractivity contribution in [2.75, 3.05) is 11.9 Å². The lowest BCUT2D eigenvalue weighted by Crippen LogP contribution is -2.40. The van der Waals surface area contributed by atoms with Crippen LogP contribution in [0.25, 0.3) is 16.9 Å². The van der Waals surface area contributed by atoms with Crippen molar-refractivity contribution in [3.8, 4) is 22.7 Å². The molecule has 8 nitrogen and oxygen atoms in total. The first kappa shape index (κ1) is 17.1. The Bertz CT molecular complexity index is 930. The molecule has 2 aliphatic rings. The maximum atomic E-state index is 10.4. The van der Waals surface area contributed by atoms with Gasteiger partial charge in [0.2, 0.25) is 5.95 Å². The number of nitrogens with zero attached hydrogens (tertiary/aromatic N) is 5. The Kier molecular flexibility index (Phi) is 4.40. The van der Waals surface area contributed by atoms with Crippen molar-refractivity contribution >= 4 is 5.95 Å². The highest BCUT2D eigenvalue weighted by Crippen LogP contribution is 2.31. The number of piperidine rings is 1. The summed E-state index contributed by atoms with van der Waals surface area (Å²) in [5.41, 5.74) is 1.97. The second kappa shape index (κ2) is 7.20. The Morgan fingerprint density at radius 1 is 1.18 bits per heavy atom. The van der Waals surface area contributed by atoms with Gasteiger partial charge in [-0.1, -0.05) is 0 Å². The molecule has 0 aliphatic carbocycles. The van der Waals surface area contributed by atoms with Gasteiger partial charge in [-0.05, 0) is 43.7 Å². The lowest BCUT2D eigenvalue weighted by Gasteiger charge is -2.29. The molecular formula is C20H23N7O. The summed E-state index contributed by atoms with van der Waals surface area (Å²) >= 11 is 0. The van der Waals surface area contributed by atoms with Gasteiger partial charge in [0.15, 0.2) is 0 Å². The van der Waals surface area contributed by atoms with E-state index in [-0.39, 0.29) is 5.75 Å². The van der Waals surface area contributed by atoms with Crippen molar-refractivity contribution in [3.05, 3.63) is 43.1 Å². The van der Waals surface area contributed by atoms with Crippen LogP contribution in [0, 0.1) is 5.92 Å². The highest BCUT2D eigenvalue weighted by Gasteiger charge is 2.33. The number of anilines is 1. The maximum Gasteiger partial charge on any atom is 0.242 e. The molecule has 4 heterocycles. The van der Waals surface area contributed by atoms with E-state index in [2.05, 4.69) is 30.8 Å². The van der Waals surface area contributed by atoms with Gasteiger partial charge < -0.3 is 20.3 Å². The lowest BCUT2D eigenvalue weighted by atomic mass is 9.92. The molecule has 0 amide bonds. The van der Waals surface area contributed by atoms with Crippen LogP contribution < -0.4 is 10.6 Å². The third kappa shape index (κ3) is 3.43. The second-order valence-electron chi connectivity index (χ2n) is 7.69. The smallest absolute Gasteiger partial charge is 0.242 e. The number of imidazole rings is 1. The van der Waals surface area contributed by atoms with Crippen LogP contribution in [0.2, 0.25) is 0 Å². The molecule has 3 aromatic rings. The van der Waals surface area contributed by atoms with Crippen molar-refractivity contribution in [2.45, 2.75) is 37.8 Å². The van der Waals surface area contributed by atoms with Crippen LogP contribution in [0.15, 0.2) is 43.1 Å². The van der Waals surface area contributed by atoms with Crippen molar-refractivity contribution in [1.82, 2.24) is 30.0 Å². The average molecular weight is 377 g/mol. The molecule has 28 heavy (non-hydrogen) atoms. The van der Waals surface area contributed by atoms with Crippen molar-refractivity contribution in [1.29, 1.82) is 0 Å². The van der Waals surface area contributed by atoms with Gasteiger partial charge in [0.25, 0.3) is 0 Å². The molecule has 2 unspecified atom stereocenters. The number of phenolic OH excluding ortho intramolecular Hbond substituents is 1. The van der Waals surface area contributed by atoms with E-state index in [0.717, 1.165) is 12.2 Å². The van der Waals surface area contributed by atoms with Crippen LogP contribution >= 0.6 is 0 Å². The summed E-state index contributed by atoms with van der Waals surface area (Å²) in [5.74, 6) is 1.32. The van der Waals surface area contributed by atoms with Crippen LogP contribution in [0.4, 0.5) is 5.95 Å². The van der Waals surface area contributed by atoms with E-state index in [4.69, 9.17) is 0 Å². The fourth-order valence-electron chi connectivity index (χ4n) is 4.37. The molecule has 2 aromatic heterocycles. The van der Waals surface area contributed by atoms with Crippen molar-refractivity contribution < 1.29 is 5.11 Å². The average Bonchev–Trinajstić information content (AvgIpc) is 3.37. The largest absolute Gasteiger partial charge is 0.507 e. The minimum atomic E-state index is 0.133. The molecule has 0 saturated carbocycles. The molecular weight excluding hydrogens is 354 g/mol. The van der Waals surface area contributed by atoms with Crippen LogP contribution in [-0.2, 0) is 0 Å². The highest BCUT2D eigenvalue weighted by molar-refractivity contribution is 5.68. The van der Waals surface area contributed by atoms with Gasteiger partial charge in [-0.2, -0.15) is 0 Å². The van der Waals surface area contributed by atoms with Gasteiger partial charge in [-0.15, -0.1) is 10.2 Å². The summed E-state index contributed by atoms with van der Waals surface area (Å²) in [5, 5.41) is 25.8. The minimum Gasteiger partial charge on any atom is -0.507 e. The number of benzene rings is 1. The maximum absolute atomic E-state index is 10.4. The number of fused-ring (bicyclic) bond motifs is 2. The standard InChI is InChI=1S/C20H23N7O/c28-19-9-16(27-6-5-21-12-27)3-4-17(19)18-11-23-20(26-25-18)22-10-13-7-14-1-2-15(8-13)24-14/h3-6,9,11-15,24,28H,1-2,7-8,10H2,(H,22,23,26). The zero-order chi connectivity index (χ0) is 18.9. The number of nitrogens with one attached hydrogen (secondary N) is 2. The number of rotatable bonds is 5. The Balaban J connectivity index is 1.25. The number of hydrogen-bond donors (Lipinski definition) is 3. The zero-order valence-electron chi connectivity index (χ0n) is 15.5. The zero-order valence-corrected chi connectivity index (χ0v) is 15.5. The number of phenols is 1. The predicted octanol–water partition coefficient (Wildman–Crippen LogP) is 2.37. The summed E-state index contributed by atoms with van der Waals surface area (Å²) in [4.78, 5) is 8.40. The molecule has 144 valence electrons. The SMILES string of the molecule is Oc1cc(-n2ccnc2)ccc1-c1cnc(NCC2CC3CCC(C2)N3)nn1. The first-order valence-electron chi connectivity index (χ1n) is 9.76. The van der Waals surface area contributed by atoms with E-state index in [0.29, 0.717) is 35.2 Å². The molecule has 2 bridgehead atoms. The molecule has 2 fully saturated rings. The van der Waals surface area contributed by atoms with E-state index in [1.54, 1.807) is 24.8 Å². The monoisotopic (exact) mass is 377 g/mol. The third-order valence-corrected chi connectivity index (χ3v) is 5.74. The Hall–Kier alpha value is -3.00. The van der Waals surface area contributed by atoms with E-state index in [1.807, 2.05) is 22.9 Å². The van der Waals surface area contributed by atoms with E-state index in [1.165, 1.54) is 25.7 Å². The van der Waals surface area contributed by atoms with E-state index >= 15 is 0 Å². The molecule has 2 saturated heterocycles. The third-order valence-electron chi connectivity index (χ3n) is 5.74. The second-order valence-corrected chi connectivity index (χ2v) is 7.69. The molecule has 1 aromatic carbocycles.